The van der Waals surface area contributed by atoms with Crippen molar-refractivity contribution in [3.63, 3.8) is 0 Å². The largest absolute Gasteiger partial charge is 0.416 e. The lowest BCUT2D eigenvalue weighted by atomic mass is 9.92. The topological polar surface area (TPSA) is 42.4 Å². The minimum atomic E-state index is -4.69. The van der Waals surface area contributed by atoms with E-state index < -0.39 is 11.7 Å². The molecule has 2 heterocycles. The molecule has 0 N–H and O–H groups in total. The van der Waals surface area contributed by atoms with Crippen LogP contribution in [0.4, 0.5) is 24.5 Å². The Hall–Kier alpha value is -8.38. The number of halogens is 3. The zero-order chi connectivity index (χ0) is 42.0. The molecule has 8 heteroatoms. The second-order valence-electron chi connectivity index (χ2n) is 14.9. The first-order valence-electron chi connectivity index (χ1n) is 19.5. The molecule has 8 aromatic carbocycles. The fraction of sp³-hybridized carbons (Fsp3) is 0.0377. The minimum absolute atomic E-state index is 0.0566. The highest BCUT2D eigenvalue weighted by Crippen LogP contribution is 2.48. The average Bonchev–Trinajstić information content (AvgIpc) is 3.80. The summed E-state index contributed by atoms with van der Waals surface area (Å²) in [6.07, 6.45) is -4.69. The first kappa shape index (κ1) is 36.9. The van der Waals surface area contributed by atoms with Crippen LogP contribution < -0.4 is 0 Å². The fourth-order valence-corrected chi connectivity index (χ4v) is 8.92. The Bertz CT molecular complexity index is 3590. The highest BCUT2D eigenvalue weighted by Gasteiger charge is 2.35. The lowest BCUT2D eigenvalue weighted by Gasteiger charge is -2.22. The molecular weight excluding hydrogens is 764 g/mol. The summed E-state index contributed by atoms with van der Waals surface area (Å²) in [5.74, 6) is 0. The van der Waals surface area contributed by atoms with E-state index in [0.29, 0.717) is 28.2 Å². The number of alkyl halides is 3. The van der Waals surface area contributed by atoms with Crippen molar-refractivity contribution in [2.75, 3.05) is 0 Å². The van der Waals surface area contributed by atoms with E-state index in [1.165, 1.54) is 6.07 Å². The lowest BCUT2D eigenvalue weighted by Crippen LogP contribution is -2.09. The molecule has 0 fully saturated rings. The van der Waals surface area contributed by atoms with E-state index in [1.807, 2.05) is 121 Å². The number of nitrogens with zero attached hydrogens (tertiary/aromatic N) is 5. The Morgan fingerprint density at radius 1 is 0.508 bits per heavy atom. The van der Waals surface area contributed by atoms with Gasteiger partial charge in [0.15, 0.2) is 11.4 Å². The molecule has 10 aromatic rings. The highest BCUT2D eigenvalue weighted by atomic mass is 19.4. The van der Waals surface area contributed by atoms with E-state index in [0.717, 1.165) is 71.9 Å². The van der Waals surface area contributed by atoms with Crippen LogP contribution in [-0.4, -0.2) is 9.13 Å². The van der Waals surface area contributed by atoms with Crippen LogP contribution >= 0.6 is 0 Å². The van der Waals surface area contributed by atoms with E-state index >= 15 is 0 Å². The summed E-state index contributed by atoms with van der Waals surface area (Å²) in [7, 11) is 0. The monoisotopic (exact) mass is 793 g/mol. The van der Waals surface area contributed by atoms with Gasteiger partial charge in [0.1, 0.15) is 0 Å². The van der Waals surface area contributed by atoms with Gasteiger partial charge >= 0.3 is 6.18 Å². The third-order valence-electron chi connectivity index (χ3n) is 11.6. The van der Waals surface area contributed by atoms with Gasteiger partial charge in [0, 0.05) is 21.5 Å². The SMILES string of the molecule is [C-]#[N+]c1ccccc1-c1ccc2c3ccccc3n(-c3cc(-c4c(C)cccc4C(F)(F)F)c([N+]#[C-])cc3-n3c4ccccc4c4ccc(-c5ccccc5C#N)cc43)c2c1. The molecule has 2 aromatic heterocycles. The number of nitriles is 1. The summed E-state index contributed by atoms with van der Waals surface area (Å²) in [6.45, 7) is 18.1. The van der Waals surface area contributed by atoms with Gasteiger partial charge in [0.25, 0.3) is 0 Å². The van der Waals surface area contributed by atoms with Crippen LogP contribution in [0.1, 0.15) is 16.7 Å². The number of rotatable bonds is 5. The van der Waals surface area contributed by atoms with Crippen molar-refractivity contribution in [1.82, 2.24) is 9.13 Å². The second kappa shape index (κ2) is 14.2. The Morgan fingerprint density at radius 3 is 1.64 bits per heavy atom. The summed E-state index contributed by atoms with van der Waals surface area (Å²) in [6, 6.07) is 52.7. The summed E-state index contributed by atoms with van der Waals surface area (Å²) < 4.78 is 49.0. The van der Waals surface area contributed by atoms with Gasteiger partial charge in [-0.2, -0.15) is 18.4 Å². The van der Waals surface area contributed by atoms with Gasteiger partial charge in [-0.25, -0.2) is 9.69 Å². The molecule has 0 saturated carbocycles. The van der Waals surface area contributed by atoms with E-state index in [1.54, 1.807) is 37.3 Å². The van der Waals surface area contributed by atoms with Crippen LogP contribution in [0.3, 0.4) is 0 Å². The summed E-state index contributed by atoms with van der Waals surface area (Å²) in [5, 5.41) is 13.8. The third-order valence-corrected chi connectivity index (χ3v) is 11.6. The van der Waals surface area contributed by atoms with Gasteiger partial charge in [-0.1, -0.05) is 115 Å². The maximum absolute atomic E-state index is 15.0. The zero-order valence-electron chi connectivity index (χ0n) is 32.5. The van der Waals surface area contributed by atoms with Crippen LogP contribution in [0.2, 0.25) is 0 Å². The van der Waals surface area contributed by atoms with Gasteiger partial charge in [-0.3, -0.25) is 0 Å². The predicted octanol–water partition coefficient (Wildman–Crippen LogP) is 15.2. The number of aromatic nitrogens is 2. The minimum Gasteiger partial charge on any atom is -0.308 e. The molecule has 61 heavy (non-hydrogen) atoms. The molecule has 10 rings (SSSR count). The van der Waals surface area contributed by atoms with Crippen molar-refractivity contribution in [2.45, 2.75) is 13.1 Å². The van der Waals surface area contributed by atoms with E-state index in [4.69, 9.17) is 13.1 Å². The Labute approximate surface area is 348 Å². The van der Waals surface area contributed by atoms with E-state index in [9.17, 15) is 18.4 Å². The molecule has 0 amide bonds. The number of benzene rings is 8. The van der Waals surface area contributed by atoms with Crippen LogP contribution in [0.25, 0.3) is 98.1 Å². The van der Waals surface area contributed by atoms with Crippen LogP contribution in [0, 0.1) is 31.4 Å². The van der Waals surface area contributed by atoms with Gasteiger partial charge in [-0.05, 0) is 94.4 Å². The summed E-state index contributed by atoms with van der Waals surface area (Å²) in [5.41, 5.74) is 8.17. The quantitative estimate of drug-likeness (QED) is 0.160. The molecular formula is C53H30F3N5. The van der Waals surface area contributed by atoms with E-state index in [2.05, 4.69) is 24.9 Å². The first-order chi connectivity index (χ1) is 29.7. The summed E-state index contributed by atoms with van der Waals surface area (Å²) in [4.78, 5) is 7.74. The smallest absolute Gasteiger partial charge is 0.308 e. The molecule has 288 valence electrons. The maximum Gasteiger partial charge on any atom is 0.416 e. The molecule has 0 bridgehead atoms. The number of fused-ring (bicyclic) bond motifs is 6. The van der Waals surface area contributed by atoms with Crippen molar-refractivity contribution in [3.8, 4) is 50.8 Å². The normalized spacial score (nSPS) is 11.6. The van der Waals surface area contributed by atoms with Crippen molar-refractivity contribution in [1.29, 1.82) is 5.26 Å². The van der Waals surface area contributed by atoms with Crippen LogP contribution in [0.5, 0.6) is 0 Å². The van der Waals surface area contributed by atoms with Gasteiger partial charge in [0.2, 0.25) is 0 Å². The Balaban J connectivity index is 1.39. The second-order valence-corrected chi connectivity index (χ2v) is 14.9. The van der Waals surface area contributed by atoms with Crippen molar-refractivity contribution in [3.05, 3.63) is 203 Å². The number of hydrogen-bond acceptors (Lipinski definition) is 1. The molecule has 0 saturated heterocycles. The molecule has 0 unspecified atom stereocenters. The molecule has 0 aliphatic rings. The van der Waals surface area contributed by atoms with Crippen LogP contribution in [-0.2, 0) is 6.18 Å². The van der Waals surface area contributed by atoms with Gasteiger partial charge in [0.05, 0.1) is 63.8 Å². The van der Waals surface area contributed by atoms with Gasteiger partial charge in [-0.15, -0.1) is 0 Å². The standard InChI is InChI=1S/C53H30F3N5/c1-32-13-12-19-43(53(54,55)56)52(32)42-29-50(60-46-21-10-7-17-38(46)41-26-24-34(28-49(41)60)37-16-6-9-20-44(37)58-2)51(30-45(42)59-3)61-47-22-11-8-18-39(47)40-25-23-33(27-48(40)61)36-15-5-4-14-35(36)31-57/h4-30H,1H3. The van der Waals surface area contributed by atoms with Crippen molar-refractivity contribution >= 4 is 55.0 Å². The molecule has 0 atom stereocenters. The zero-order valence-corrected chi connectivity index (χ0v) is 32.5. The fourth-order valence-electron chi connectivity index (χ4n) is 8.92. The van der Waals surface area contributed by atoms with Crippen molar-refractivity contribution < 1.29 is 13.2 Å². The van der Waals surface area contributed by atoms with E-state index in [-0.39, 0.29) is 16.8 Å². The maximum atomic E-state index is 15.0. The molecule has 0 aliphatic heterocycles. The average molecular weight is 794 g/mol. The Kier molecular flexibility index (Phi) is 8.58. The first-order valence-corrected chi connectivity index (χ1v) is 19.5. The molecule has 0 radical (unpaired) electrons. The predicted molar refractivity (Wildman–Crippen MR) is 238 cm³/mol. The Morgan fingerprint density at radius 2 is 1.03 bits per heavy atom. The third kappa shape index (κ3) is 5.83. The van der Waals surface area contributed by atoms with Crippen LogP contribution in [0.15, 0.2) is 164 Å². The van der Waals surface area contributed by atoms with Crippen molar-refractivity contribution in [2.24, 2.45) is 0 Å². The molecule has 0 spiro atoms. The number of hydrogen-bond donors (Lipinski definition) is 0. The molecule has 5 nitrogen and oxygen atoms in total. The number of para-hydroxylation sites is 3. The highest BCUT2D eigenvalue weighted by molar-refractivity contribution is 6.13. The van der Waals surface area contributed by atoms with Gasteiger partial charge < -0.3 is 9.13 Å². The molecule has 0 aliphatic carbocycles. The summed E-state index contributed by atoms with van der Waals surface area (Å²) >= 11 is 0. The number of aryl methyl sites for hydroxylation is 1. The lowest BCUT2D eigenvalue weighted by molar-refractivity contribution is -0.137.